The summed E-state index contributed by atoms with van der Waals surface area (Å²) >= 11 is 5.89. The van der Waals surface area contributed by atoms with E-state index in [0.29, 0.717) is 11.4 Å². The summed E-state index contributed by atoms with van der Waals surface area (Å²) in [5.41, 5.74) is 0.295. The minimum absolute atomic E-state index is 0.000536. The molecule has 3 N–H and O–H groups in total. The molecule has 0 unspecified atom stereocenters. The molecule has 0 amide bonds. The third kappa shape index (κ3) is 3.53. The highest BCUT2D eigenvalue weighted by Crippen LogP contribution is 2.31. The zero-order valence-electron chi connectivity index (χ0n) is 11.1. The molecule has 2 aromatic rings. The van der Waals surface area contributed by atoms with Crippen LogP contribution in [0.4, 0.5) is 0 Å². The third-order valence-electron chi connectivity index (χ3n) is 2.75. The van der Waals surface area contributed by atoms with E-state index in [1.807, 2.05) is 0 Å². The first-order chi connectivity index (χ1) is 9.97. The van der Waals surface area contributed by atoms with Crippen LogP contribution in [0.1, 0.15) is 11.4 Å². The molecule has 7 nitrogen and oxygen atoms in total. The van der Waals surface area contributed by atoms with Gasteiger partial charge in [0.05, 0.1) is 20.3 Å². The average molecular weight is 332 g/mol. The van der Waals surface area contributed by atoms with E-state index in [1.54, 1.807) is 6.20 Å². The van der Waals surface area contributed by atoms with Crippen LogP contribution in [0.5, 0.6) is 5.75 Å². The van der Waals surface area contributed by atoms with Gasteiger partial charge in [-0.1, -0.05) is 11.6 Å². The summed E-state index contributed by atoms with van der Waals surface area (Å²) in [4.78, 5) is 6.58. The number of hydrogen-bond acceptors (Lipinski definition) is 5. The van der Waals surface area contributed by atoms with Crippen LogP contribution < -0.4 is 9.46 Å². The zero-order valence-corrected chi connectivity index (χ0v) is 12.7. The number of hydrogen-bond donors (Lipinski definition) is 3. The van der Waals surface area contributed by atoms with Gasteiger partial charge in [0.2, 0.25) is 10.0 Å². The number of sulfonamides is 1. The van der Waals surface area contributed by atoms with E-state index in [0.717, 1.165) is 0 Å². The first-order valence-corrected chi connectivity index (χ1v) is 7.79. The fraction of sp³-hybridized carbons (Fsp3) is 0.250. The predicted octanol–water partition coefficient (Wildman–Crippen LogP) is 1.04. The van der Waals surface area contributed by atoms with Crippen molar-refractivity contribution in [1.29, 1.82) is 0 Å². The number of halogens is 1. The number of methoxy groups -OCH3 is 1. The Balaban J connectivity index is 2.36. The number of aromatic amines is 1. The van der Waals surface area contributed by atoms with Crippen LogP contribution in [0, 0.1) is 0 Å². The maximum absolute atomic E-state index is 12.4. The summed E-state index contributed by atoms with van der Waals surface area (Å²) in [5.74, 6) is 0.538. The van der Waals surface area contributed by atoms with Crippen molar-refractivity contribution in [3.05, 3.63) is 40.9 Å². The van der Waals surface area contributed by atoms with E-state index in [-0.39, 0.29) is 28.8 Å². The molecular weight excluding hydrogens is 318 g/mol. The van der Waals surface area contributed by atoms with Crippen molar-refractivity contribution in [2.45, 2.75) is 18.0 Å². The topological polar surface area (TPSA) is 104 Å². The Kier molecular flexibility index (Phi) is 4.84. The number of aliphatic hydroxyl groups is 1. The molecule has 9 heteroatoms. The van der Waals surface area contributed by atoms with Gasteiger partial charge in [0.25, 0.3) is 0 Å². The van der Waals surface area contributed by atoms with E-state index < -0.39 is 10.0 Å². The standard InChI is InChI=1S/C12H14ClN3O4S/c1-20-12-8(7-17)4-9(13)5-10(12)21(18,19)16-6-11-14-2-3-15-11/h2-5,16-17H,6-7H2,1H3,(H,14,15). The molecule has 1 aromatic heterocycles. The molecule has 0 spiro atoms. The molecule has 114 valence electrons. The van der Waals surface area contributed by atoms with E-state index in [9.17, 15) is 13.5 Å². The lowest BCUT2D eigenvalue weighted by Gasteiger charge is -2.14. The van der Waals surface area contributed by atoms with Crippen LogP contribution in [0.25, 0.3) is 0 Å². The number of benzene rings is 1. The van der Waals surface area contributed by atoms with E-state index in [4.69, 9.17) is 16.3 Å². The number of aromatic nitrogens is 2. The average Bonchev–Trinajstić information content (AvgIpc) is 2.97. The number of nitrogens with zero attached hydrogens (tertiary/aromatic N) is 1. The molecule has 21 heavy (non-hydrogen) atoms. The second-order valence-corrected chi connectivity index (χ2v) is 6.29. The molecule has 0 atom stereocenters. The Labute approximate surface area is 127 Å². The SMILES string of the molecule is COc1c(CO)cc(Cl)cc1S(=O)(=O)NCc1ncc[nH]1. The van der Waals surface area contributed by atoms with E-state index in [2.05, 4.69) is 14.7 Å². The van der Waals surface area contributed by atoms with Gasteiger partial charge < -0.3 is 14.8 Å². The fourth-order valence-corrected chi connectivity index (χ4v) is 3.34. The number of H-pyrrole nitrogens is 1. The van der Waals surface area contributed by atoms with Gasteiger partial charge >= 0.3 is 0 Å². The summed E-state index contributed by atoms with van der Waals surface area (Å²) in [6, 6.07) is 2.72. The number of rotatable bonds is 6. The fourth-order valence-electron chi connectivity index (χ4n) is 1.81. The maximum Gasteiger partial charge on any atom is 0.244 e. The highest BCUT2D eigenvalue weighted by atomic mass is 35.5. The minimum atomic E-state index is -3.86. The molecular formula is C12H14ClN3O4S. The van der Waals surface area contributed by atoms with Crippen molar-refractivity contribution in [2.24, 2.45) is 0 Å². The Hall–Kier alpha value is -1.61. The number of nitrogens with one attached hydrogen (secondary N) is 2. The molecule has 0 aliphatic heterocycles. The van der Waals surface area contributed by atoms with Gasteiger partial charge in [-0.2, -0.15) is 0 Å². The first-order valence-electron chi connectivity index (χ1n) is 5.93. The normalized spacial score (nSPS) is 11.6. The molecule has 0 radical (unpaired) electrons. The summed E-state index contributed by atoms with van der Waals surface area (Å²) < 4.78 is 32.2. The van der Waals surface area contributed by atoms with Crippen molar-refractivity contribution in [3.8, 4) is 5.75 Å². The largest absolute Gasteiger partial charge is 0.495 e. The summed E-state index contributed by atoms with van der Waals surface area (Å²) in [7, 11) is -2.54. The number of imidazole rings is 1. The molecule has 0 aliphatic carbocycles. The molecule has 2 rings (SSSR count). The summed E-state index contributed by atoms with van der Waals surface area (Å²) in [5, 5.41) is 9.47. The second kappa shape index (κ2) is 6.44. The Morgan fingerprint density at radius 1 is 1.48 bits per heavy atom. The van der Waals surface area contributed by atoms with Crippen molar-refractivity contribution < 1.29 is 18.3 Å². The Morgan fingerprint density at radius 2 is 2.24 bits per heavy atom. The molecule has 0 saturated heterocycles. The van der Waals surface area contributed by atoms with Gasteiger partial charge in [0, 0.05) is 23.0 Å². The molecule has 1 heterocycles. The van der Waals surface area contributed by atoms with Gasteiger partial charge in [-0.25, -0.2) is 18.1 Å². The van der Waals surface area contributed by atoms with Crippen molar-refractivity contribution >= 4 is 21.6 Å². The lowest BCUT2D eigenvalue weighted by molar-refractivity contribution is 0.272. The monoisotopic (exact) mass is 331 g/mol. The molecule has 0 bridgehead atoms. The molecule has 0 saturated carbocycles. The lowest BCUT2D eigenvalue weighted by Crippen LogP contribution is -2.24. The highest BCUT2D eigenvalue weighted by molar-refractivity contribution is 7.89. The zero-order chi connectivity index (χ0) is 15.5. The van der Waals surface area contributed by atoms with Crippen LogP contribution in [-0.4, -0.2) is 30.6 Å². The van der Waals surface area contributed by atoms with Gasteiger partial charge in [-0.15, -0.1) is 0 Å². The number of ether oxygens (including phenoxy) is 1. The molecule has 1 aromatic carbocycles. The Bertz CT molecular complexity index is 716. The van der Waals surface area contributed by atoms with Crippen LogP contribution in [-0.2, 0) is 23.2 Å². The molecule has 0 aliphatic rings. The summed E-state index contributed by atoms with van der Waals surface area (Å²) in [6.07, 6.45) is 3.11. The summed E-state index contributed by atoms with van der Waals surface area (Å²) in [6.45, 7) is -0.385. The van der Waals surface area contributed by atoms with Crippen molar-refractivity contribution in [1.82, 2.24) is 14.7 Å². The van der Waals surface area contributed by atoms with Gasteiger partial charge in [-0.3, -0.25) is 0 Å². The van der Waals surface area contributed by atoms with Gasteiger partial charge in [0.1, 0.15) is 16.5 Å². The van der Waals surface area contributed by atoms with E-state index >= 15 is 0 Å². The number of aliphatic hydroxyl groups excluding tert-OH is 1. The predicted molar refractivity (Wildman–Crippen MR) is 76.5 cm³/mol. The van der Waals surface area contributed by atoms with Crippen LogP contribution in [0.3, 0.4) is 0 Å². The maximum atomic E-state index is 12.4. The third-order valence-corrected chi connectivity index (χ3v) is 4.37. The van der Waals surface area contributed by atoms with Crippen LogP contribution in [0.2, 0.25) is 5.02 Å². The first kappa shape index (κ1) is 15.8. The lowest BCUT2D eigenvalue weighted by atomic mass is 10.2. The minimum Gasteiger partial charge on any atom is -0.495 e. The van der Waals surface area contributed by atoms with Crippen LogP contribution in [0.15, 0.2) is 29.4 Å². The van der Waals surface area contributed by atoms with E-state index in [1.165, 1.54) is 25.4 Å². The second-order valence-electron chi connectivity index (χ2n) is 4.11. The quantitative estimate of drug-likeness (QED) is 0.733. The van der Waals surface area contributed by atoms with Crippen molar-refractivity contribution in [2.75, 3.05) is 7.11 Å². The van der Waals surface area contributed by atoms with Crippen molar-refractivity contribution in [3.63, 3.8) is 0 Å². The highest BCUT2D eigenvalue weighted by Gasteiger charge is 2.23. The van der Waals surface area contributed by atoms with Gasteiger partial charge in [0.15, 0.2) is 0 Å². The Morgan fingerprint density at radius 3 is 2.81 bits per heavy atom. The van der Waals surface area contributed by atoms with Gasteiger partial charge in [-0.05, 0) is 12.1 Å². The smallest absolute Gasteiger partial charge is 0.244 e. The molecule has 0 fully saturated rings. The van der Waals surface area contributed by atoms with Crippen LogP contribution >= 0.6 is 11.6 Å².